The lowest BCUT2D eigenvalue weighted by Gasteiger charge is -2.13. The van der Waals surface area contributed by atoms with Gasteiger partial charge in [-0.2, -0.15) is 5.10 Å². The number of anilines is 1. The molecule has 0 aliphatic carbocycles. The van der Waals surface area contributed by atoms with Crippen molar-refractivity contribution in [2.24, 2.45) is 7.05 Å². The second-order valence-corrected chi connectivity index (χ2v) is 4.24. The van der Waals surface area contributed by atoms with E-state index in [0.717, 1.165) is 11.3 Å². The molecule has 17 heavy (non-hydrogen) atoms. The van der Waals surface area contributed by atoms with Gasteiger partial charge in [-0.25, -0.2) is 4.39 Å². The molecule has 2 rings (SSSR count). The average Bonchev–Trinajstić information content (AvgIpc) is 2.67. The maximum atomic E-state index is 13.4. The van der Waals surface area contributed by atoms with E-state index in [2.05, 4.69) is 10.4 Å². The lowest BCUT2D eigenvalue weighted by atomic mass is 10.1. The summed E-state index contributed by atoms with van der Waals surface area (Å²) < 4.78 is 15.2. The predicted octanol–water partition coefficient (Wildman–Crippen LogP) is 2.60. The Bertz CT molecular complexity index is 493. The molecule has 0 saturated carbocycles. The second kappa shape index (κ2) is 4.99. The molecule has 1 N–H and O–H groups in total. The first-order chi connectivity index (χ1) is 8.15. The third-order valence-electron chi connectivity index (χ3n) is 2.60. The van der Waals surface area contributed by atoms with Gasteiger partial charge in [0.2, 0.25) is 0 Å². The number of aromatic nitrogens is 2. The van der Waals surface area contributed by atoms with Crippen molar-refractivity contribution in [1.29, 1.82) is 0 Å². The Kier molecular flexibility index (Phi) is 3.42. The van der Waals surface area contributed by atoms with Crippen LogP contribution in [0.2, 0.25) is 0 Å². The fourth-order valence-corrected chi connectivity index (χ4v) is 1.83. The summed E-state index contributed by atoms with van der Waals surface area (Å²) in [6.07, 6.45) is 4.32. The van der Waals surface area contributed by atoms with Crippen molar-refractivity contribution in [2.75, 3.05) is 5.32 Å². The van der Waals surface area contributed by atoms with Gasteiger partial charge >= 0.3 is 0 Å². The minimum absolute atomic E-state index is 0.146. The largest absolute Gasteiger partial charge is 0.380 e. The van der Waals surface area contributed by atoms with Crippen LogP contribution in [0.15, 0.2) is 36.7 Å². The number of aryl methyl sites for hydroxylation is 1. The van der Waals surface area contributed by atoms with E-state index in [1.165, 1.54) is 6.07 Å². The molecule has 4 heteroatoms. The summed E-state index contributed by atoms with van der Waals surface area (Å²) in [7, 11) is 1.87. The van der Waals surface area contributed by atoms with Crippen LogP contribution >= 0.6 is 0 Å². The number of nitrogens with zero attached hydrogens (tertiary/aromatic N) is 2. The molecule has 1 unspecified atom stereocenters. The first-order valence-corrected chi connectivity index (χ1v) is 5.64. The molecular formula is C13H16FN3. The van der Waals surface area contributed by atoms with Crippen molar-refractivity contribution in [1.82, 2.24) is 9.78 Å². The summed E-state index contributed by atoms with van der Waals surface area (Å²) in [4.78, 5) is 0. The Labute approximate surface area is 100 Å². The maximum Gasteiger partial charge on any atom is 0.126 e. The summed E-state index contributed by atoms with van der Waals surface area (Å²) in [6, 6.07) is 7.03. The molecule has 1 aromatic carbocycles. The van der Waals surface area contributed by atoms with E-state index in [1.807, 2.05) is 32.3 Å². The van der Waals surface area contributed by atoms with Gasteiger partial charge in [0.05, 0.1) is 11.9 Å². The number of hydrogen-bond donors (Lipinski definition) is 1. The van der Waals surface area contributed by atoms with Crippen LogP contribution in [0.5, 0.6) is 0 Å². The van der Waals surface area contributed by atoms with Crippen LogP contribution in [0.25, 0.3) is 0 Å². The van der Waals surface area contributed by atoms with Gasteiger partial charge in [-0.05, 0) is 25.0 Å². The maximum absolute atomic E-state index is 13.4. The molecule has 0 radical (unpaired) electrons. The molecule has 1 heterocycles. The van der Waals surface area contributed by atoms with Crippen LogP contribution in [0.1, 0.15) is 12.5 Å². The Morgan fingerprint density at radius 3 is 2.82 bits per heavy atom. The van der Waals surface area contributed by atoms with Crippen LogP contribution in [-0.2, 0) is 13.5 Å². The molecule has 0 amide bonds. The van der Waals surface area contributed by atoms with Crippen LogP contribution in [0.4, 0.5) is 10.1 Å². The Morgan fingerprint density at radius 1 is 1.41 bits per heavy atom. The van der Waals surface area contributed by atoms with E-state index >= 15 is 0 Å². The molecule has 3 nitrogen and oxygen atoms in total. The number of rotatable bonds is 4. The molecule has 0 aliphatic heterocycles. The van der Waals surface area contributed by atoms with Crippen molar-refractivity contribution < 1.29 is 4.39 Å². The Morgan fingerprint density at radius 2 is 2.18 bits per heavy atom. The highest BCUT2D eigenvalue weighted by molar-refractivity contribution is 5.39. The molecule has 1 aromatic heterocycles. The summed E-state index contributed by atoms with van der Waals surface area (Å²) in [5, 5.41) is 7.36. The smallest absolute Gasteiger partial charge is 0.126 e. The quantitative estimate of drug-likeness (QED) is 0.879. The molecule has 0 saturated heterocycles. The van der Waals surface area contributed by atoms with Crippen molar-refractivity contribution >= 4 is 5.69 Å². The highest BCUT2D eigenvalue weighted by Crippen LogP contribution is 2.12. The standard InChI is InChI=1S/C13H16FN3/c1-10(16-12-8-15-17(2)9-12)7-11-5-3-4-6-13(11)14/h3-6,8-10,16H,7H2,1-2H3. The SMILES string of the molecule is CC(Cc1ccccc1F)Nc1cnn(C)c1. The molecular weight excluding hydrogens is 217 g/mol. The predicted molar refractivity (Wildman–Crippen MR) is 66.4 cm³/mol. The molecule has 2 aromatic rings. The molecule has 0 spiro atoms. The van der Waals surface area contributed by atoms with Gasteiger partial charge in [-0.3, -0.25) is 4.68 Å². The normalized spacial score (nSPS) is 12.4. The zero-order valence-electron chi connectivity index (χ0n) is 10.0. The molecule has 0 bridgehead atoms. The molecule has 1 atom stereocenters. The Balaban J connectivity index is 1.98. The van der Waals surface area contributed by atoms with E-state index in [0.29, 0.717) is 6.42 Å². The molecule has 90 valence electrons. The highest BCUT2D eigenvalue weighted by atomic mass is 19.1. The average molecular weight is 233 g/mol. The highest BCUT2D eigenvalue weighted by Gasteiger charge is 2.07. The lowest BCUT2D eigenvalue weighted by molar-refractivity contribution is 0.601. The summed E-state index contributed by atoms with van der Waals surface area (Å²) in [5.41, 5.74) is 1.69. The third kappa shape index (κ3) is 3.06. The minimum Gasteiger partial charge on any atom is -0.380 e. The minimum atomic E-state index is -0.146. The molecule has 0 aliphatic rings. The second-order valence-electron chi connectivity index (χ2n) is 4.24. The van der Waals surface area contributed by atoms with Gasteiger partial charge in [-0.1, -0.05) is 18.2 Å². The summed E-state index contributed by atoms with van der Waals surface area (Å²) in [6.45, 7) is 2.03. The first-order valence-electron chi connectivity index (χ1n) is 5.64. The number of nitrogens with one attached hydrogen (secondary N) is 1. The van der Waals surface area contributed by atoms with Crippen molar-refractivity contribution in [3.05, 3.63) is 48.0 Å². The number of halogens is 1. The number of benzene rings is 1. The van der Waals surface area contributed by atoms with Crippen LogP contribution in [-0.4, -0.2) is 15.8 Å². The zero-order valence-corrected chi connectivity index (χ0v) is 10.0. The van der Waals surface area contributed by atoms with E-state index in [4.69, 9.17) is 0 Å². The van der Waals surface area contributed by atoms with Gasteiger partial charge in [0.15, 0.2) is 0 Å². The van der Waals surface area contributed by atoms with Crippen LogP contribution < -0.4 is 5.32 Å². The van der Waals surface area contributed by atoms with Crippen molar-refractivity contribution in [3.8, 4) is 0 Å². The van der Waals surface area contributed by atoms with E-state index in [-0.39, 0.29) is 11.9 Å². The topological polar surface area (TPSA) is 29.9 Å². The van der Waals surface area contributed by atoms with E-state index < -0.39 is 0 Å². The van der Waals surface area contributed by atoms with Crippen molar-refractivity contribution in [2.45, 2.75) is 19.4 Å². The van der Waals surface area contributed by atoms with Gasteiger partial charge < -0.3 is 5.32 Å². The monoisotopic (exact) mass is 233 g/mol. The van der Waals surface area contributed by atoms with E-state index in [9.17, 15) is 4.39 Å². The van der Waals surface area contributed by atoms with Crippen LogP contribution in [0, 0.1) is 5.82 Å². The zero-order chi connectivity index (χ0) is 12.3. The van der Waals surface area contributed by atoms with Crippen molar-refractivity contribution in [3.63, 3.8) is 0 Å². The van der Waals surface area contributed by atoms with Gasteiger partial charge in [0.1, 0.15) is 5.82 Å². The Hall–Kier alpha value is -1.84. The van der Waals surface area contributed by atoms with Crippen LogP contribution in [0.3, 0.4) is 0 Å². The summed E-state index contributed by atoms with van der Waals surface area (Å²) in [5.74, 6) is -0.146. The summed E-state index contributed by atoms with van der Waals surface area (Å²) >= 11 is 0. The fourth-order valence-electron chi connectivity index (χ4n) is 1.83. The van der Waals surface area contributed by atoms with Gasteiger partial charge in [0, 0.05) is 19.3 Å². The fraction of sp³-hybridized carbons (Fsp3) is 0.308. The number of hydrogen-bond acceptors (Lipinski definition) is 2. The van der Waals surface area contributed by atoms with E-state index in [1.54, 1.807) is 16.9 Å². The van der Waals surface area contributed by atoms with Gasteiger partial charge in [-0.15, -0.1) is 0 Å². The first kappa shape index (κ1) is 11.6. The lowest BCUT2D eigenvalue weighted by Crippen LogP contribution is -2.18. The molecule has 0 fully saturated rings. The van der Waals surface area contributed by atoms with Gasteiger partial charge in [0.25, 0.3) is 0 Å². The third-order valence-corrected chi connectivity index (χ3v) is 2.60.